The van der Waals surface area contributed by atoms with E-state index in [4.69, 9.17) is 24.5 Å². The number of hydrogen-bond acceptors (Lipinski definition) is 6. The Bertz CT molecular complexity index is 1610. The predicted octanol–water partition coefficient (Wildman–Crippen LogP) is 3.04. The van der Waals surface area contributed by atoms with Gasteiger partial charge in [0.1, 0.15) is 23.7 Å². The highest BCUT2D eigenvalue weighted by atomic mass is 32.1. The second kappa shape index (κ2) is 8.34. The normalized spacial score (nSPS) is 18.4. The van der Waals surface area contributed by atoms with Gasteiger partial charge in [-0.3, -0.25) is 0 Å². The Morgan fingerprint density at radius 3 is 2.83 bits per heavy atom. The molecule has 0 saturated carbocycles. The van der Waals surface area contributed by atoms with E-state index in [-0.39, 0.29) is 5.60 Å². The fraction of sp³-hybridized carbons (Fsp3) is 0.444. The summed E-state index contributed by atoms with van der Waals surface area (Å²) in [6.07, 6.45) is 3.09. The van der Waals surface area contributed by atoms with Crippen molar-refractivity contribution in [2.45, 2.75) is 45.9 Å². The van der Waals surface area contributed by atoms with E-state index in [1.807, 2.05) is 11.4 Å². The monoisotopic (exact) mass is 503 g/mol. The molecule has 1 aromatic carbocycles. The molecule has 1 saturated heterocycles. The van der Waals surface area contributed by atoms with Gasteiger partial charge < -0.3 is 18.9 Å². The summed E-state index contributed by atoms with van der Waals surface area (Å²) in [5, 5.41) is 7.32. The molecule has 0 unspecified atom stereocenters. The van der Waals surface area contributed by atoms with Crippen molar-refractivity contribution in [3.63, 3.8) is 0 Å². The summed E-state index contributed by atoms with van der Waals surface area (Å²) in [7, 11) is 0. The molecule has 4 aromatic heterocycles. The van der Waals surface area contributed by atoms with E-state index in [2.05, 4.69) is 48.9 Å². The van der Waals surface area contributed by atoms with Crippen LogP contribution in [0.5, 0.6) is 0 Å². The molecular weight excluding hydrogens is 472 g/mol. The molecule has 2 aliphatic heterocycles. The number of nitrogens with one attached hydrogen (secondary N) is 1. The first kappa shape index (κ1) is 22.4. The molecule has 0 amide bonds. The first-order chi connectivity index (χ1) is 17.5. The summed E-state index contributed by atoms with van der Waals surface area (Å²) >= 11 is 1.73. The smallest absolute Gasteiger partial charge is 0.184 e. The molecule has 0 aliphatic carbocycles. The summed E-state index contributed by atoms with van der Waals surface area (Å²) in [6.45, 7) is 12.9. The Kier molecular flexibility index (Phi) is 5.18. The van der Waals surface area contributed by atoms with Crippen molar-refractivity contribution in [2.24, 2.45) is 0 Å². The first-order valence-corrected chi connectivity index (χ1v) is 13.6. The Hall–Kier alpha value is -2.85. The number of ether oxygens (including phenoxy) is 2. The van der Waals surface area contributed by atoms with E-state index < -0.39 is 0 Å². The number of nitrogens with zero attached hydrogens (tertiary/aromatic N) is 5. The van der Waals surface area contributed by atoms with Crippen LogP contribution in [0, 0.1) is 6.92 Å². The minimum Gasteiger partial charge on any atom is -0.370 e. The van der Waals surface area contributed by atoms with Gasteiger partial charge in [0.2, 0.25) is 0 Å². The third-order valence-corrected chi connectivity index (χ3v) is 8.70. The minimum absolute atomic E-state index is 0.193. The van der Waals surface area contributed by atoms with Crippen LogP contribution < -0.4 is 4.90 Å². The zero-order valence-corrected chi connectivity index (χ0v) is 21.8. The summed E-state index contributed by atoms with van der Waals surface area (Å²) in [6, 6.07) is 8.59. The Labute approximate surface area is 213 Å². The van der Waals surface area contributed by atoms with Crippen LogP contribution in [0.1, 0.15) is 30.1 Å². The minimum atomic E-state index is -0.193. The molecule has 1 N–H and O–H groups in total. The molecule has 0 atom stereocenters. The fourth-order valence-electron chi connectivity index (χ4n) is 5.65. The van der Waals surface area contributed by atoms with E-state index in [0.29, 0.717) is 6.61 Å². The number of aryl methyl sites for hydroxylation is 1. The quantitative estimate of drug-likeness (QED) is 0.408. The lowest BCUT2D eigenvalue weighted by Crippen LogP contribution is -3.14. The lowest BCUT2D eigenvalue weighted by Gasteiger charge is -2.30. The van der Waals surface area contributed by atoms with Crippen molar-refractivity contribution in [3.8, 4) is 11.4 Å². The Morgan fingerprint density at radius 2 is 1.97 bits per heavy atom. The van der Waals surface area contributed by atoms with Crippen molar-refractivity contribution in [3.05, 3.63) is 46.7 Å². The number of quaternary nitrogens is 1. The molecule has 9 heteroatoms. The van der Waals surface area contributed by atoms with Crippen molar-refractivity contribution in [1.29, 1.82) is 0 Å². The van der Waals surface area contributed by atoms with Gasteiger partial charge in [-0.25, -0.2) is 9.97 Å². The van der Waals surface area contributed by atoms with Gasteiger partial charge >= 0.3 is 0 Å². The number of aromatic nitrogens is 5. The SMILES string of the molecule is Cc1nc2sc3c(c2c2nc(-c4cn(CC[NH+]5CCOCC5)c5ccccc45)nn12)CC(C)(C)OC3. The predicted molar refractivity (Wildman–Crippen MR) is 141 cm³/mol. The van der Waals surface area contributed by atoms with Gasteiger partial charge in [0.15, 0.2) is 11.5 Å². The van der Waals surface area contributed by atoms with E-state index in [9.17, 15) is 0 Å². The van der Waals surface area contributed by atoms with Gasteiger partial charge in [-0.05, 0) is 32.4 Å². The lowest BCUT2D eigenvalue weighted by molar-refractivity contribution is -0.908. The molecule has 8 nitrogen and oxygen atoms in total. The average Bonchev–Trinajstić information content (AvgIpc) is 3.56. The van der Waals surface area contributed by atoms with E-state index in [1.165, 1.54) is 21.3 Å². The Balaban J connectivity index is 1.34. The van der Waals surface area contributed by atoms with Crippen molar-refractivity contribution in [1.82, 2.24) is 24.1 Å². The van der Waals surface area contributed by atoms with E-state index in [1.54, 1.807) is 16.2 Å². The largest absolute Gasteiger partial charge is 0.370 e. The Morgan fingerprint density at radius 1 is 1.14 bits per heavy atom. The van der Waals surface area contributed by atoms with Crippen molar-refractivity contribution >= 4 is 38.1 Å². The number of morpholine rings is 1. The summed E-state index contributed by atoms with van der Waals surface area (Å²) in [5.41, 5.74) is 4.33. The number of para-hydroxylation sites is 1. The van der Waals surface area contributed by atoms with Gasteiger partial charge in [-0.2, -0.15) is 4.52 Å². The third kappa shape index (κ3) is 3.64. The summed E-state index contributed by atoms with van der Waals surface area (Å²) in [4.78, 5) is 14.0. The first-order valence-electron chi connectivity index (χ1n) is 12.8. The summed E-state index contributed by atoms with van der Waals surface area (Å²) in [5.74, 6) is 1.61. The van der Waals surface area contributed by atoms with Gasteiger partial charge in [-0.15, -0.1) is 16.4 Å². The van der Waals surface area contributed by atoms with Gasteiger partial charge in [0.25, 0.3) is 0 Å². The van der Waals surface area contributed by atoms with Crippen molar-refractivity contribution < 1.29 is 14.4 Å². The van der Waals surface area contributed by atoms with Crippen LogP contribution >= 0.6 is 11.3 Å². The second-order valence-electron chi connectivity index (χ2n) is 10.6. The number of benzene rings is 1. The molecule has 7 rings (SSSR count). The zero-order valence-electron chi connectivity index (χ0n) is 21.0. The van der Waals surface area contributed by atoms with Gasteiger partial charge in [-0.1, -0.05) is 18.2 Å². The average molecular weight is 504 g/mol. The van der Waals surface area contributed by atoms with Crippen LogP contribution in [-0.4, -0.2) is 62.6 Å². The maximum atomic E-state index is 6.08. The molecule has 0 spiro atoms. The van der Waals surface area contributed by atoms with Crippen molar-refractivity contribution in [2.75, 3.05) is 32.8 Å². The fourth-order valence-corrected chi connectivity index (χ4v) is 6.80. The highest BCUT2D eigenvalue weighted by Crippen LogP contribution is 2.40. The van der Waals surface area contributed by atoms with E-state index >= 15 is 0 Å². The van der Waals surface area contributed by atoms with Crippen LogP contribution in [-0.2, 0) is 29.0 Å². The van der Waals surface area contributed by atoms with Crippen LogP contribution in [0.25, 0.3) is 38.2 Å². The maximum Gasteiger partial charge on any atom is 0.184 e. The van der Waals surface area contributed by atoms with E-state index in [0.717, 1.165) is 78.9 Å². The second-order valence-corrected chi connectivity index (χ2v) is 11.7. The number of rotatable bonds is 4. The lowest BCUT2D eigenvalue weighted by atomic mass is 9.94. The van der Waals surface area contributed by atoms with Crippen LogP contribution in [0.15, 0.2) is 30.5 Å². The van der Waals surface area contributed by atoms with Crippen LogP contribution in [0.3, 0.4) is 0 Å². The molecule has 1 fully saturated rings. The highest BCUT2D eigenvalue weighted by Gasteiger charge is 2.31. The van der Waals surface area contributed by atoms with Crippen LogP contribution in [0.2, 0.25) is 0 Å². The maximum absolute atomic E-state index is 6.08. The molecule has 0 radical (unpaired) electrons. The molecule has 186 valence electrons. The zero-order chi connectivity index (χ0) is 24.4. The number of fused-ring (bicyclic) bond motifs is 6. The third-order valence-electron chi connectivity index (χ3n) is 7.60. The number of thiophene rings is 1. The standard InChI is InChI=1S/C27H30N6O2S/c1-17-28-26-23(19-14-27(2,3)35-16-22(19)36-26)25-29-24(30-33(17)25)20-15-32(21-7-5-4-6-18(20)21)9-8-31-10-12-34-13-11-31/h4-7,15H,8-14,16H2,1-3H3/p+1. The molecule has 0 bridgehead atoms. The highest BCUT2D eigenvalue weighted by molar-refractivity contribution is 7.19. The molecule has 36 heavy (non-hydrogen) atoms. The molecule has 2 aliphatic rings. The molecule has 6 heterocycles. The van der Waals surface area contributed by atoms with Crippen LogP contribution in [0.4, 0.5) is 0 Å². The summed E-state index contributed by atoms with van der Waals surface area (Å²) < 4.78 is 15.9. The van der Waals surface area contributed by atoms with Gasteiger partial charge in [0, 0.05) is 34.0 Å². The topological polar surface area (TPSA) is 70.9 Å². The molecular formula is C27H31N6O2S+. The number of hydrogen-bond donors (Lipinski definition) is 1. The molecule has 5 aromatic rings. The van der Waals surface area contributed by atoms with Gasteiger partial charge in [0.05, 0.1) is 43.9 Å².